The van der Waals surface area contributed by atoms with Gasteiger partial charge in [-0.1, -0.05) is 6.92 Å². The molecule has 4 rings (SSSR count). The number of nitriles is 1. The molecule has 1 fully saturated rings. The van der Waals surface area contributed by atoms with Crippen LogP contribution in [0.3, 0.4) is 0 Å². The third-order valence-electron chi connectivity index (χ3n) is 6.22. The van der Waals surface area contributed by atoms with Crippen LogP contribution in [0.1, 0.15) is 42.2 Å². The zero-order chi connectivity index (χ0) is 23.4. The van der Waals surface area contributed by atoms with Gasteiger partial charge >= 0.3 is 5.97 Å². The van der Waals surface area contributed by atoms with Crippen molar-refractivity contribution in [2.75, 3.05) is 13.1 Å². The van der Waals surface area contributed by atoms with Gasteiger partial charge in [-0.2, -0.15) is 5.26 Å². The van der Waals surface area contributed by atoms with Crippen molar-refractivity contribution in [3.8, 4) is 6.07 Å². The fourth-order valence-corrected chi connectivity index (χ4v) is 5.10. The number of aryl methyl sites for hydroxylation is 1. The van der Waals surface area contributed by atoms with Gasteiger partial charge in [0.1, 0.15) is 11.8 Å². The highest BCUT2D eigenvalue weighted by atomic mass is 32.2. The van der Waals surface area contributed by atoms with Crippen molar-refractivity contribution >= 4 is 34.7 Å². The van der Waals surface area contributed by atoms with E-state index in [1.165, 1.54) is 11.9 Å². The summed E-state index contributed by atoms with van der Waals surface area (Å²) in [6.45, 7) is 4.27. The van der Waals surface area contributed by atoms with Crippen molar-refractivity contribution in [2.45, 2.75) is 43.7 Å². The third-order valence-corrected chi connectivity index (χ3v) is 7.20. The van der Waals surface area contributed by atoms with E-state index in [0.29, 0.717) is 30.1 Å². The van der Waals surface area contributed by atoms with E-state index in [0.717, 1.165) is 36.2 Å². The Balaban J connectivity index is 1.52. The number of nitrogens with one attached hydrogen (secondary N) is 2. The molecule has 1 aliphatic heterocycles. The van der Waals surface area contributed by atoms with Crippen LogP contribution >= 0.6 is 11.9 Å². The van der Waals surface area contributed by atoms with Crippen molar-refractivity contribution in [3.63, 3.8) is 0 Å². The molecule has 1 saturated heterocycles. The van der Waals surface area contributed by atoms with Gasteiger partial charge < -0.3 is 19.6 Å². The molecule has 1 atom stereocenters. The number of aromatic amines is 1. The van der Waals surface area contributed by atoms with Crippen LogP contribution in [0.2, 0.25) is 0 Å². The Bertz CT molecular complexity index is 1190. The first-order valence-corrected chi connectivity index (χ1v) is 11.9. The number of benzene rings is 1. The lowest BCUT2D eigenvalue weighted by Crippen LogP contribution is -2.47. The number of nitrogens with zero attached hydrogens (tertiary/aromatic N) is 3. The molecule has 1 aliphatic rings. The molecule has 0 saturated carbocycles. The maximum atomic E-state index is 13.4. The first-order chi connectivity index (χ1) is 16.0. The molecule has 0 spiro atoms. The highest BCUT2D eigenvalue weighted by Crippen LogP contribution is 2.29. The van der Waals surface area contributed by atoms with Crippen molar-refractivity contribution in [1.29, 1.82) is 5.26 Å². The van der Waals surface area contributed by atoms with Crippen LogP contribution in [-0.4, -0.2) is 50.6 Å². The average Bonchev–Trinajstić information content (AvgIpc) is 3.48. The minimum absolute atomic E-state index is 0.0625. The molecule has 172 valence electrons. The highest BCUT2D eigenvalue weighted by molar-refractivity contribution is 7.97. The molecule has 0 bridgehead atoms. The summed E-state index contributed by atoms with van der Waals surface area (Å²) in [5, 5.41) is 19.5. The summed E-state index contributed by atoms with van der Waals surface area (Å²) in [4.78, 5) is 30.7. The predicted molar refractivity (Wildman–Crippen MR) is 127 cm³/mol. The predicted octanol–water partition coefficient (Wildman–Crippen LogP) is 3.85. The molecule has 2 aromatic heterocycles. The number of likely N-dealkylation sites (tertiary alicyclic amines) is 1. The van der Waals surface area contributed by atoms with Crippen molar-refractivity contribution in [2.24, 2.45) is 5.92 Å². The van der Waals surface area contributed by atoms with Crippen LogP contribution in [0.5, 0.6) is 0 Å². The first-order valence-electron chi connectivity index (χ1n) is 11.1. The molecule has 1 unspecified atom stereocenters. The number of carboxylic acid groups (broad SMARTS) is 1. The zero-order valence-electron chi connectivity index (χ0n) is 18.5. The summed E-state index contributed by atoms with van der Waals surface area (Å²) in [7, 11) is 0. The lowest BCUT2D eigenvalue weighted by molar-refractivity contribution is -0.134. The number of hydrogen-bond donors (Lipinski definition) is 3. The normalized spacial score (nSPS) is 15.5. The molecular formula is C24H27N5O3S. The fourth-order valence-electron chi connectivity index (χ4n) is 4.19. The molecule has 1 aromatic carbocycles. The SMILES string of the molecule is CC1CCN(C(=O)C(CCn2cccc2C#N)NSc2ccc(C(=O)O)c3[nH]ccc23)CC1. The number of aromatic nitrogens is 2. The van der Waals surface area contributed by atoms with Gasteiger partial charge in [-0.3, -0.25) is 4.79 Å². The molecule has 33 heavy (non-hydrogen) atoms. The summed E-state index contributed by atoms with van der Waals surface area (Å²) in [6.07, 6.45) is 6.10. The Hall–Kier alpha value is -3.22. The Kier molecular flexibility index (Phi) is 7.06. The van der Waals surface area contributed by atoms with Gasteiger partial charge in [0.25, 0.3) is 0 Å². The lowest BCUT2D eigenvalue weighted by Gasteiger charge is -2.33. The van der Waals surface area contributed by atoms with Crippen molar-refractivity contribution < 1.29 is 14.7 Å². The largest absolute Gasteiger partial charge is 0.478 e. The van der Waals surface area contributed by atoms with E-state index in [1.54, 1.807) is 24.4 Å². The van der Waals surface area contributed by atoms with Crippen LogP contribution in [0, 0.1) is 17.2 Å². The molecule has 8 nitrogen and oxygen atoms in total. The van der Waals surface area contributed by atoms with Crippen molar-refractivity contribution in [1.82, 2.24) is 19.2 Å². The highest BCUT2D eigenvalue weighted by Gasteiger charge is 2.27. The summed E-state index contributed by atoms with van der Waals surface area (Å²) < 4.78 is 5.20. The summed E-state index contributed by atoms with van der Waals surface area (Å²) in [5.74, 6) is -0.297. The van der Waals surface area contributed by atoms with E-state index in [4.69, 9.17) is 0 Å². The van der Waals surface area contributed by atoms with Gasteiger partial charge in [-0.25, -0.2) is 9.52 Å². The number of hydrogen-bond acceptors (Lipinski definition) is 5. The van der Waals surface area contributed by atoms with Gasteiger partial charge in [0.05, 0.1) is 17.1 Å². The molecule has 3 heterocycles. The maximum absolute atomic E-state index is 13.4. The zero-order valence-corrected chi connectivity index (χ0v) is 19.3. The molecule has 0 aliphatic carbocycles. The van der Waals surface area contributed by atoms with Gasteiger partial charge in [-0.15, -0.1) is 0 Å². The number of aromatic carboxylic acids is 1. The third kappa shape index (κ3) is 5.07. The van der Waals surface area contributed by atoms with Gasteiger partial charge in [0.15, 0.2) is 0 Å². The van der Waals surface area contributed by atoms with Crippen LogP contribution < -0.4 is 4.72 Å². The van der Waals surface area contributed by atoms with Gasteiger partial charge in [-0.05, 0) is 67.5 Å². The second kappa shape index (κ2) is 10.1. The van der Waals surface area contributed by atoms with Gasteiger partial charge in [0.2, 0.25) is 5.91 Å². The maximum Gasteiger partial charge on any atom is 0.337 e. The van der Waals surface area contributed by atoms with Crippen LogP contribution in [0.4, 0.5) is 0 Å². The van der Waals surface area contributed by atoms with Crippen LogP contribution in [0.15, 0.2) is 47.6 Å². The van der Waals surface area contributed by atoms with Crippen LogP contribution in [-0.2, 0) is 11.3 Å². The fraction of sp³-hybridized carbons (Fsp3) is 0.375. The van der Waals surface area contributed by atoms with Gasteiger partial charge in [0, 0.05) is 42.3 Å². The number of carboxylic acids is 1. The standard InChI is InChI=1S/C24H27N5O3S/c1-16-7-12-29(13-8-16)23(30)20(9-14-28-11-2-3-17(28)15-25)27-33-21-5-4-19(24(31)32)22-18(21)6-10-26-22/h2-6,10-11,16,20,26-27H,7-9,12-14H2,1H3,(H,31,32). The Labute approximate surface area is 196 Å². The van der Waals surface area contributed by atoms with E-state index in [9.17, 15) is 20.0 Å². The quantitative estimate of drug-likeness (QED) is 0.436. The number of carbonyl (C=O) groups excluding carboxylic acids is 1. The molecule has 9 heteroatoms. The number of rotatable bonds is 8. The minimum Gasteiger partial charge on any atom is -0.478 e. The Morgan fingerprint density at radius 3 is 2.82 bits per heavy atom. The molecular weight excluding hydrogens is 438 g/mol. The topological polar surface area (TPSA) is 114 Å². The lowest BCUT2D eigenvalue weighted by atomic mass is 9.98. The number of fused-ring (bicyclic) bond motifs is 1. The monoisotopic (exact) mass is 465 g/mol. The Morgan fingerprint density at radius 1 is 1.30 bits per heavy atom. The van der Waals surface area contributed by atoms with E-state index >= 15 is 0 Å². The summed E-state index contributed by atoms with van der Waals surface area (Å²) in [6, 6.07) is 10.5. The van der Waals surface area contributed by atoms with Crippen LogP contribution in [0.25, 0.3) is 10.9 Å². The number of piperidine rings is 1. The average molecular weight is 466 g/mol. The van der Waals surface area contributed by atoms with Crippen molar-refractivity contribution in [3.05, 3.63) is 54.0 Å². The number of carbonyl (C=O) groups is 2. The minimum atomic E-state index is -0.987. The summed E-state index contributed by atoms with van der Waals surface area (Å²) >= 11 is 1.34. The summed E-state index contributed by atoms with van der Waals surface area (Å²) in [5.41, 5.74) is 1.35. The Morgan fingerprint density at radius 2 is 2.09 bits per heavy atom. The van der Waals surface area contributed by atoms with E-state index in [2.05, 4.69) is 22.7 Å². The van der Waals surface area contributed by atoms with E-state index < -0.39 is 12.0 Å². The molecule has 0 radical (unpaired) electrons. The molecule has 3 N–H and O–H groups in total. The van der Waals surface area contributed by atoms with E-state index in [1.807, 2.05) is 27.8 Å². The second-order valence-electron chi connectivity index (χ2n) is 8.45. The second-order valence-corrected chi connectivity index (χ2v) is 9.33. The smallest absolute Gasteiger partial charge is 0.337 e. The number of amides is 1. The van der Waals surface area contributed by atoms with E-state index in [-0.39, 0.29) is 11.5 Å². The molecule has 1 amide bonds. The first kappa shape index (κ1) is 23.0. The molecule has 3 aromatic rings. The number of H-pyrrole nitrogens is 1.